The van der Waals surface area contributed by atoms with Gasteiger partial charge in [0, 0.05) is 25.1 Å². The summed E-state index contributed by atoms with van der Waals surface area (Å²) in [4.78, 5) is 12.7. The van der Waals surface area contributed by atoms with Gasteiger partial charge in [0.2, 0.25) is 15.0 Å². The summed E-state index contributed by atoms with van der Waals surface area (Å²) < 4.78 is 54.2. The van der Waals surface area contributed by atoms with Gasteiger partial charge in [0.25, 0.3) is 5.91 Å². The van der Waals surface area contributed by atoms with E-state index in [1.54, 1.807) is 12.1 Å². The van der Waals surface area contributed by atoms with E-state index in [2.05, 4.69) is 15.5 Å². The summed E-state index contributed by atoms with van der Waals surface area (Å²) in [7, 11) is -3.57. The van der Waals surface area contributed by atoms with Crippen LogP contribution in [0.25, 0.3) is 0 Å². The van der Waals surface area contributed by atoms with E-state index < -0.39 is 27.6 Å². The molecule has 0 spiro atoms. The molecule has 1 aromatic heterocycles. The molecule has 0 atom stereocenters. The first-order chi connectivity index (χ1) is 15.8. The fraction of sp³-hybridized carbons (Fsp3) is 0.318. The van der Waals surface area contributed by atoms with Crippen molar-refractivity contribution in [2.24, 2.45) is 0 Å². The Balaban J connectivity index is 1.38. The maximum Gasteiger partial charge on any atom is 0.286 e. The number of hydrogen-bond acceptors (Lipinski definition) is 6. The number of benzene rings is 2. The first kappa shape index (κ1) is 23.4. The number of aromatic nitrogens is 2. The van der Waals surface area contributed by atoms with Crippen LogP contribution in [0, 0.1) is 11.6 Å². The summed E-state index contributed by atoms with van der Waals surface area (Å²) in [5.74, 6) is -2.29. The third kappa shape index (κ3) is 5.10. The molecule has 11 heteroatoms. The Morgan fingerprint density at radius 2 is 1.82 bits per heavy atom. The van der Waals surface area contributed by atoms with Crippen molar-refractivity contribution in [2.45, 2.75) is 37.0 Å². The van der Waals surface area contributed by atoms with Gasteiger partial charge in [-0.2, -0.15) is 4.31 Å². The molecule has 1 saturated heterocycles. The quantitative estimate of drug-likeness (QED) is 0.557. The monoisotopic (exact) mass is 492 g/mol. The molecule has 1 aliphatic rings. The summed E-state index contributed by atoms with van der Waals surface area (Å²) in [6.07, 6.45) is 1.94. The summed E-state index contributed by atoms with van der Waals surface area (Å²) in [5, 5.41) is 11.0. The molecule has 0 saturated carbocycles. The Morgan fingerprint density at radius 3 is 2.45 bits per heavy atom. The molecular formula is C22H22F2N4O3S2. The van der Waals surface area contributed by atoms with Gasteiger partial charge in [0.15, 0.2) is 0 Å². The van der Waals surface area contributed by atoms with Gasteiger partial charge in [0.1, 0.15) is 16.6 Å². The van der Waals surface area contributed by atoms with Crippen molar-refractivity contribution in [2.75, 3.05) is 18.4 Å². The minimum atomic E-state index is -3.57. The predicted octanol–water partition coefficient (Wildman–Crippen LogP) is 4.20. The van der Waals surface area contributed by atoms with Crippen LogP contribution in [0.2, 0.25) is 0 Å². The number of rotatable bonds is 6. The molecule has 1 amide bonds. The van der Waals surface area contributed by atoms with E-state index in [9.17, 15) is 22.0 Å². The lowest BCUT2D eigenvalue weighted by Gasteiger charge is -2.30. The molecule has 3 aromatic rings. The van der Waals surface area contributed by atoms with Gasteiger partial charge in [-0.05, 0) is 49.1 Å². The van der Waals surface area contributed by atoms with Gasteiger partial charge in [-0.3, -0.25) is 4.79 Å². The summed E-state index contributed by atoms with van der Waals surface area (Å²) in [5.41, 5.74) is 0.926. The molecule has 174 valence electrons. The molecule has 33 heavy (non-hydrogen) atoms. The Hall–Kier alpha value is -2.76. The third-order valence-electron chi connectivity index (χ3n) is 5.59. The van der Waals surface area contributed by atoms with Crippen LogP contribution in [0.5, 0.6) is 0 Å². The Morgan fingerprint density at radius 1 is 1.12 bits per heavy atom. The van der Waals surface area contributed by atoms with Crippen LogP contribution >= 0.6 is 11.3 Å². The van der Waals surface area contributed by atoms with Crippen molar-refractivity contribution in [3.8, 4) is 0 Å². The zero-order valence-corrected chi connectivity index (χ0v) is 19.4. The topological polar surface area (TPSA) is 92.3 Å². The molecule has 7 nitrogen and oxygen atoms in total. The average molecular weight is 493 g/mol. The molecule has 4 rings (SSSR count). The highest BCUT2D eigenvalue weighted by Gasteiger charge is 2.31. The van der Waals surface area contributed by atoms with E-state index in [1.807, 2.05) is 19.1 Å². The zero-order valence-electron chi connectivity index (χ0n) is 17.8. The third-order valence-corrected chi connectivity index (χ3v) is 8.58. The Bertz CT molecular complexity index is 1250. The van der Waals surface area contributed by atoms with Crippen molar-refractivity contribution in [1.29, 1.82) is 0 Å². The number of nitrogens with zero attached hydrogens (tertiary/aromatic N) is 3. The number of nitrogens with one attached hydrogen (secondary N) is 1. The normalized spacial score (nSPS) is 15.5. The SMILES string of the molecule is CCc1ccc(S(=O)(=O)N2CCC(c3nnc(C(=O)Nc4ccc(F)cc4F)s3)CC2)cc1. The number of halogens is 2. The van der Waals surface area contributed by atoms with Crippen molar-refractivity contribution in [1.82, 2.24) is 14.5 Å². The Kier molecular flexibility index (Phi) is 6.82. The van der Waals surface area contributed by atoms with Crippen molar-refractivity contribution >= 4 is 33.0 Å². The first-order valence-corrected chi connectivity index (χ1v) is 12.7. The second-order valence-corrected chi connectivity index (χ2v) is 10.6. The number of piperidine rings is 1. The van der Waals surface area contributed by atoms with Crippen LogP contribution in [0.3, 0.4) is 0 Å². The number of amides is 1. The summed E-state index contributed by atoms with van der Waals surface area (Å²) in [6.45, 7) is 2.69. The van der Waals surface area contributed by atoms with Crippen molar-refractivity contribution in [3.05, 3.63) is 69.7 Å². The number of aryl methyl sites for hydroxylation is 1. The number of hydrogen-bond donors (Lipinski definition) is 1. The van der Waals surface area contributed by atoms with Gasteiger partial charge >= 0.3 is 0 Å². The molecule has 1 fully saturated rings. The van der Waals surface area contributed by atoms with E-state index in [4.69, 9.17) is 0 Å². The molecule has 0 bridgehead atoms. The Labute approximate surface area is 194 Å². The van der Waals surface area contributed by atoms with Crippen LogP contribution in [-0.4, -0.2) is 41.9 Å². The molecular weight excluding hydrogens is 470 g/mol. The molecule has 0 aliphatic carbocycles. The molecule has 2 heterocycles. The first-order valence-electron chi connectivity index (χ1n) is 10.5. The minimum absolute atomic E-state index is 0.0273. The number of carbonyl (C=O) groups is 1. The molecule has 0 radical (unpaired) electrons. The van der Waals surface area contributed by atoms with E-state index in [0.29, 0.717) is 37.0 Å². The lowest BCUT2D eigenvalue weighted by molar-refractivity contribution is 0.102. The summed E-state index contributed by atoms with van der Waals surface area (Å²) in [6, 6.07) is 9.79. The van der Waals surface area contributed by atoms with Crippen LogP contribution in [0.4, 0.5) is 14.5 Å². The maximum absolute atomic E-state index is 13.8. The second kappa shape index (κ2) is 9.62. The largest absolute Gasteiger partial charge is 0.317 e. The smallest absolute Gasteiger partial charge is 0.286 e. The van der Waals surface area contributed by atoms with Gasteiger partial charge in [-0.25, -0.2) is 17.2 Å². The highest BCUT2D eigenvalue weighted by atomic mass is 32.2. The fourth-order valence-corrected chi connectivity index (χ4v) is 6.02. The average Bonchev–Trinajstić information content (AvgIpc) is 3.31. The van der Waals surface area contributed by atoms with Crippen molar-refractivity contribution in [3.63, 3.8) is 0 Å². The van der Waals surface area contributed by atoms with Crippen LogP contribution in [0.15, 0.2) is 47.4 Å². The van der Waals surface area contributed by atoms with E-state index in [-0.39, 0.29) is 21.5 Å². The van der Waals surface area contributed by atoms with E-state index in [0.717, 1.165) is 35.5 Å². The standard InChI is InChI=1S/C22H22F2N4O3S2/c1-2-14-3-6-17(7-4-14)33(30,31)28-11-9-15(10-12-28)21-26-27-22(32-21)20(29)25-19-8-5-16(23)13-18(19)24/h3-8,13,15H,2,9-12H2,1H3,(H,25,29). The number of sulfonamides is 1. The van der Waals surface area contributed by atoms with Gasteiger partial charge in [-0.15, -0.1) is 10.2 Å². The van der Waals surface area contributed by atoms with E-state index in [1.165, 1.54) is 4.31 Å². The highest BCUT2D eigenvalue weighted by Crippen LogP contribution is 2.32. The number of carbonyl (C=O) groups excluding carboxylic acids is 1. The van der Waals surface area contributed by atoms with Gasteiger partial charge < -0.3 is 5.32 Å². The van der Waals surface area contributed by atoms with Crippen LogP contribution in [0.1, 0.15) is 46.1 Å². The summed E-state index contributed by atoms with van der Waals surface area (Å²) >= 11 is 1.09. The highest BCUT2D eigenvalue weighted by molar-refractivity contribution is 7.89. The maximum atomic E-state index is 13.8. The lowest BCUT2D eigenvalue weighted by Crippen LogP contribution is -2.37. The zero-order chi connectivity index (χ0) is 23.6. The van der Waals surface area contributed by atoms with E-state index >= 15 is 0 Å². The lowest BCUT2D eigenvalue weighted by atomic mass is 9.99. The predicted molar refractivity (Wildman–Crippen MR) is 121 cm³/mol. The van der Waals surface area contributed by atoms with Crippen LogP contribution < -0.4 is 5.32 Å². The fourth-order valence-electron chi connectivity index (χ4n) is 3.65. The van der Waals surface area contributed by atoms with Crippen LogP contribution in [-0.2, 0) is 16.4 Å². The molecule has 2 aromatic carbocycles. The van der Waals surface area contributed by atoms with Crippen molar-refractivity contribution < 1.29 is 22.0 Å². The van der Waals surface area contributed by atoms with Gasteiger partial charge in [-0.1, -0.05) is 30.4 Å². The molecule has 0 unspecified atom stereocenters. The number of anilines is 1. The second-order valence-electron chi connectivity index (χ2n) is 7.70. The molecule has 1 aliphatic heterocycles. The minimum Gasteiger partial charge on any atom is -0.317 e. The molecule has 1 N–H and O–H groups in total. The van der Waals surface area contributed by atoms with Gasteiger partial charge in [0.05, 0.1) is 10.6 Å².